The van der Waals surface area contributed by atoms with Crippen molar-refractivity contribution in [3.8, 4) is 0 Å². The van der Waals surface area contributed by atoms with Crippen LogP contribution in [0.5, 0.6) is 0 Å². The fourth-order valence-electron chi connectivity index (χ4n) is 2.28. The molecule has 5 heteroatoms. The van der Waals surface area contributed by atoms with E-state index in [4.69, 9.17) is 5.73 Å². The molecule has 0 spiro atoms. The SMILES string of the molecule is Cc1cc(C(=O)N2CCC(N)C2)c(=O)n(C)c1C. The molecule has 2 N–H and O–H groups in total. The van der Waals surface area contributed by atoms with Crippen molar-refractivity contribution in [3.63, 3.8) is 0 Å². The van der Waals surface area contributed by atoms with Gasteiger partial charge in [0.25, 0.3) is 11.5 Å². The minimum absolute atomic E-state index is 0.0318. The van der Waals surface area contributed by atoms with Crippen LogP contribution in [0.2, 0.25) is 0 Å². The number of rotatable bonds is 1. The predicted octanol–water partition coefficient (Wildman–Crippen LogP) is 0.175. The molecular weight excluding hydrogens is 230 g/mol. The predicted molar refractivity (Wildman–Crippen MR) is 69.7 cm³/mol. The van der Waals surface area contributed by atoms with Gasteiger partial charge < -0.3 is 15.2 Å². The summed E-state index contributed by atoms with van der Waals surface area (Å²) in [6.07, 6.45) is 0.802. The minimum atomic E-state index is -0.233. The summed E-state index contributed by atoms with van der Waals surface area (Å²) in [4.78, 5) is 26.1. The summed E-state index contributed by atoms with van der Waals surface area (Å²) in [5, 5.41) is 0. The number of carbonyl (C=O) groups is 1. The van der Waals surface area contributed by atoms with Crippen LogP contribution >= 0.6 is 0 Å². The Labute approximate surface area is 106 Å². The molecule has 0 aliphatic carbocycles. The third kappa shape index (κ3) is 2.06. The molecule has 0 aromatic carbocycles. The summed E-state index contributed by atoms with van der Waals surface area (Å²) in [5.41, 5.74) is 7.63. The smallest absolute Gasteiger partial charge is 0.263 e. The lowest BCUT2D eigenvalue weighted by molar-refractivity contribution is 0.0788. The maximum Gasteiger partial charge on any atom is 0.263 e. The van der Waals surface area contributed by atoms with Crippen LogP contribution in [0.1, 0.15) is 28.0 Å². The first-order valence-corrected chi connectivity index (χ1v) is 6.14. The fourth-order valence-corrected chi connectivity index (χ4v) is 2.28. The van der Waals surface area contributed by atoms with Crippen molar-refractivity contribution in [2.45, 2.75) is 26.3 Å². The van der Waals surface area contributed by atoms with Crippen LogP contribution in [-0.4, -0.2) is 34.5 Å². The standard InChI is InChI=1S/C13H19N3O2/c1-8-6-11(12(17)15(3)9(8)2)13(18)16-5-4-10(14)7-16/h6,10H,4-5,7,14H2,1-3H3. The lowest BCUT2D eigenvalue weighted by Gasteiger charge is -2.17. The van der Waals surface area contributed by atoms with Gasteiger partial charge in [0.2, 0.25) is 0 Å². The number of aryl methyl sites for hydroxylation is 1. The normalized spacial score (nSPS) is 19.3. The number of amides is 1. The van der Waals surface area contributed by atoms with Crippen LogP contribution in [0.3, 0.4) is 0 Å². The number of nitrogens with two attached hydrogens (primary N) is 1. The highest BCUT2D eigenvalue weighted by Gasteiger charge is 2.26. The van der Waals surface area contributed by atoms with Crippen LogP contribution in [0.4, 0.5) is 0 Å². The van der Waals surface area contributed by atoms with Gasteiger partial charge in [0.15, 0.2) is 0 Å². The summed E-state index contributed by atoms with van der Waals surface area (Å²) < 4.78 is 1.53. The van der Waals surface area contributed by atoms with E-state index in [0.29, 0.717) is 13.1 Å². The quantitative estimate of drug-likeness (QED) is 0.771. The number of hydrogen-bond donors (Lipinski definition) is 1. The first-order chi connectivity index (χ1) is 8.41. The molecule has 2 heterocycles. The number of aromatic nitrogens is 1. The summed E-state index contributed by atoms with van der Waals surface area (Å²) in [7, 11) is 1.69. The van der Waals surface area contributed by atoms with Gasteiger partial charge in [0.05, 0.1) is 0 Å². The molecule has 5 nitrogen and oxygen atoms in total. The van der Waals surface area contributed by atoms with Gasteiger partial charge >= 0.3 is 0 Å². The van der Waals surface area contributed by atoms with Gasteiger partial charge in [-0.1, -0.05) is 0 Å². The van der Waals surface area contributed by atoms with Crippen molar-refractivity contribution in [2.75, 3.05) is 13.1 Å². The van der Waals surface area contributed by atoms with E-state index in [0.717, 1.165) is 17.7 Å². The molecule has 1 aliphatic heterocycles. The topological polar surface area (TPSA) is 68.3 Å². The van der Waals surface area contributed by atoms with Crippen LogP contribution in [0.15, 0.2) is 10.9 Å². The molecule has 1 amide bonds. The fraction of sp³-hybridized carbons (Fsp3) is 0.538. The molecule has 18 heavy (non-hydrogen) atoms. The molecule has 1 fully saturated rings. The van der Waals surface area contributed by atoms with Crippen molar-refractivity contribution in [3.05, 3.63) is 33.2 Å². The van der Waals surface area contributed by atoms with Crippen LogP contribution < -0.4 is 11.3 Å². The Balaban J connectivity index is 2.40. The van der Waals surface area contributed by atoms with E-state index in [9.17, 15) is 9.59 Å². The second kappa shape index (κ2) is 4.57. The zero-order chi connectivity index (χ0) is 13.4. The van der Waals surface area contributed by atoms with Crippen LogP contribution in [0.25, 0.3) is 0 Å². The van der Waals surface area contributed by atoms with E-state index in [-0.39, 0.29) is 23.1 Å². The lowest BCUT2D eigenvalue weighted by Crippen LogP contribution is -2.37. The summed E-state index contributed by atoms with van der Waals surface area (Å²) in [5.74, 6) is -0.202. The summed E-state index contributed by atoms with van der Waals surface area (Å²) >= 11 is 0. The molecule has 2 rings (SSSR count). The summed E-state index contributed by atoms with van der Waals surface area (Å²) in [6, 6.07) is 1.72. The zero-order valence-electron chi connectivity index (χ0n) is 11.1. The zero-order valence-corrected chi connectivity index (χ0v) is 11.1. The van der Waals surface area contributed by atoms with E-state index in [1.165, 1.54) is 4.57 Å². The van der Waals surface area contributed by atoms with E-state index in [1.807, 2.05) is 13.8 Å². The first kappa shape index (κ1) is 12.8. The van der Waals surface area contributed by atoms with E-state index < -0.39 is 0 Å². The van der Waals surface area contributed by atoms with Gasteiger partial charge in [0, 0.05) is 31.9 Å². The average Bonchev–Trinajstić information content (AvgIpc) is 2.77. The van der Waals surface area contributed by atoms with Gasteiger partial charge in [-0.3, -0.25) is 9.59 Å². The Morgan fingerprint density at radius 2 is 2.11 bits per heavy atom. The van der Waals surface area contributed by atoms with Crippen molar-refractivity contribution in [1.82, 2.24) is 9.47 Å². The van der Waals surface area contributed by atoms with Crippen LogP contribution in [0, 0.1) is 13.8 Å². The van der Waals surface area contributed by atoms with Crippen molar-refractivity contribution in [1.29, 1.82) is 0 Å². The van der Waals surface area contributed by atoms with Gasteiger partial charge in [-0.05, 0) is 31.9 Å². The molecule has 1 aromatic rings. The highest BCUT2D eigenvalue weighted by atomic mass is 16.2. The molecular formula is C13H19N3O2. The van der Waals surface area contributed by atoms with Gasteiger partial charge in [-0.2, -0.15) is 0 Å². The Morgan fingerprint density at radius 3 is 2.67 bits per heavy atom. The van der Waals surface area contributed by atoms with E-state index in [2.05, 4.69) is 0 Å². The highest BCUT2D eigenvalue weighted by molar-refractivity contribution is 5.94. The number of hydrogen-bond acceptors (Lipinski definition) is 3. The minimum Gasteiger partial charge on any atom is -0.337 e. The van der Waals surface area contributed by atoms with Crippen molar-refractivity contribution < 1.29 is 4.79 Å². The molecule has 1 aliphatic rings. The summed E-state index contributed by atoms with van der Waals surface area (Å²) in [6.45, 7) is 4.95. The maximum absolute atomic E-state index is 12.3. The Hall–Kier alpha value is -1.62. The van der Waals surface area contributed by atoms with Gasteiger partial charge in [-0.15, -0.1) is 0 Å². The number of carbonyl (C=O) groups excluding carboxylic acids is 1. The molecule has 0 saturated carbocycles. The van der Waals surface area contributed by atoms with Crippen molar-refractivity contribution >= 4 is 5.91 Å². The van der Waals surface area contributed by atoms with Gasteiger partial charge in [0.1, 0.15) is 5.56 Å². The van der Waals surface area contributed by atoms with Crippen molar-refractivity contribution in [2.24, 2.45) is 12.8 Å². The average molecular weight is 249 g/mol. The molecule has 98 valence electrons. The third-order valence-corrected chi connectivity index (χ3v) is 3.71. The number of likely N-dealkylation sites (tertiary alicyclic amines) is 1. The maximum atomic E-state index is 12.3. The Kier molecular flexibility index (Phi) is 3.26. The van der Waals surface area contributed by atoms with Crippen LogP contribution in [-0.2, 0) is 7.05 Å². The van der Waals surface area contributed by atoms with E-state index >= 15 is 0 Å². The monoisotopic (exact) mass is 249 g/mol. The Morgan fingerprint density at radius 1 is 1.44 bits per heavy atom. The van der Waals surface area contributed by atoms with Gasteiger partial charge in [-0.25, -0.2) is 0 Å². The Bertz CT molecular complexity index is 548. The number of nitrogens with zero attached hydrogens (tertiary/aromatic N) is 2. The molecule has 0 radical (unpaired) electrons. The molecule has 1 aromatic heterocycles. The second-order valence-electron chi connectivity index (χ2n) is 4.99. The number of pyridine rings is 1. The molecule has 0 bridgehead atoms. The largest absolute Gasteiger partial charge is 0.337 e. The highest BCUT2D eigenvalue weighted by Crippen LogP contribution is 2.12. The lowest BCUT2D eigenvalue weighted by atomic mass is 10.1. The molecule has 1 unspecified atom stereocenters. The molecule has 1 saturated heterocycles. The van der Waals surface area contributed by atoms with E-state index in [1.54, 1.807) is 18.0 Å². The first-order valence-electron chi connectivity index (χ1n) is 6.14. The third-order valence-electron chi connectivity index (χ3n) is 3.71. The second-order valence-corrected chi connectivity index (χ2v) is 4.99. The molecule has 1 atom stereocenters.